The lowest BCUT2D eigenvalue weighted by molar-refractivity contribution is 0.880. The van der Waals surface area contributed by atoms with Gasteiger partial charge in [0, 0.05) is 11.8 Å². The summed E-state index contributed by atoms with van der Waals surface area (Å²) in [4.78, 5) is 4.64. The van der Waals surface area contributed by atoms with Gasteiger partial charge in [-0.3, -0.25) is 0 Å². The van der Waals surface area contributed by atoms with E-state index in [2.05, 4.69) is 34.1 Å². The first kappa shape index (κ1) is 12.0. The van der Waals surface area contributed by atoms with E-state index in [0.717, 1.165) is 11.4 Å². The molecule has 17 heavy (non-hydrogen) atoms. The van der Waals surface area contributed by atoms with E-state index < -0.39 is 0 Å². The van der Waals surface area contributed by atoms with Crippen LogP contribution in [0.3, 0.4) is 0 Å². The van der Waals surface area contributed by atoms with Crippen molar-refractivity contribution >= 4 is 34.4 Å². The summed E-state index contributed by atoms with van der Waals surface area (Å²) in [5, 5.41) is 7.50. The SMILES string of the molecule is CC(Nc1cc(C(N)=S)ccn1)c1ccsc1. The monoisotopic (exact) mass is 263 g/mol. The summed E-state index contributed by atoms with van der Waals surface area (Å²) < 4.78 is 0. The van der Waals surface area contributed by atoms with Crippen LogP contribution in [0.15, 0.2) is 35.2 Å². The molecule has 2 heterocycles. The molecule has 1 atom stereocenters. The summed E-state index contributed by atoms with van der Waals surface area (Å²) in [5.41, 5.74) is 7.66. The van der Waals surface area contributed by atoms with E-state index in [1.54, 1.807) is 17.5 Å². The molecule has 88 valence electrons. The zero-order valence-corrected chi connectivity index (χ0v) is 11.0. The van der Waals surface area contributed by atoms with Crippen molar-refractivity contribution in [3.05, 3.63) is 46.3 Å². The van der Waals surface area contributed by atoms with Crippen molar-refractivity contribution in [1.29, 1.82) is 0 Å². The number of anilines is 1. The zero-order chi connectivity index (χ0) is 12.3. The molecule has 0 saturated heterocycles. The number of nitrogens with two attached hydrogens (primary N) is 1. The van der Waals surface area contributed by atoms with E-state index in [4.69, 9.17) is 18.0 Å². The highest BCUT2D eigenvalue weighted by molar-refractivity contribution is 7.80. The predicted molar refractivity (Wildman–Crippen MR) is 76.5 cm³/mol. The zero-order valence-electron chi connectivity index (χ0n) is 9.38. The molecule has 0 saturated carbocycles. The van der Waals surface area contributed by atoms with Crippen LogP contribution in [0.25, 0.3) is 0 Å². The van der Waals surface area contributed by atoms with Gasteiger partial charge in [0.05, 0.1) is 6.04 Å². The Hall–Kier alpha value is -1.46. The topological polar surface area (TPSA) is 50.9 Å². The molecule has 2 aromatic heterocycles. The number of aromatic nitrogens is 1. The smallest absolute Gasteiger partial charge is 0.127 e. The minimum atomic E-state index is 0.218. The molecule has 0 spiro atoms. The van der Waals surface area contributed by atoms with Crippen LogP contribution in [-0.4, -0.2) is 9.97 Å². The summed E-state index contributed by atoms with van der Waals surface area (Å²) in [6, 6.07) is 5.99. The van der Waals surface area contributed by atoms with Crippen molar-refractivity contribution < 1.29 is 0 Å². The lowest BCUT2D eigenvalue weighted by Crippen LogP contribution is -2.11. The average Bonchev–Trinajstić information content (AvgIpc) is 2.82. The molecule has 0 radical (unpaired) electrons. The van der Waals surface area contributed by atoms with Gasteiger partial charge < -0.3 is 11.1 Å². The van der Waals surface area contributed by atoms with Crippen LogP contribution in [0.4, 0.5) is 5.82 Å². The van der Waals surface area contributed by atoms with Crippen LogP contribution in [0.1, 0.15) is 24.1 Å². The Bertz CT molecular complexity index is 508. The second-order valence-corrected chi connectivity index (χ2v) is 4.94. The van der Waals surface area contributed by atoms with Crippen molar-refractivity contribution in [3.8, 4) is 0 Å². The molecule has 0 amide bonds. The molecule has 3 N–H and O–H groups in total. The highest BCUT2D eigenvalue weighted by Crippen LogP contribution is 2.20. The number of hydrogen-bond donors (Lipinski definition) is 2. The maximum Gasteiger partial charge on any atom is 0.127 e. The highest BCUT2D eigenvalue weighted by Gasteiger charge is 2.07. The van der Waals surface area contributed by atoms with Crippen LogP contribution in [0, 0.1) is 0 Å². The summed E-state index contributed by atoms with van der Waals surface area (Å²) in [6.07, 6.45) is 1.71. The van der Waals surface area contributed by atoms with Crippen LogP contribution < -0.4 is 11.1 Å². The van der Waals surface area contributed by atoms with E-state index in [0.29, 0.717) is 4.99 Å². The normalized spacial score (nSPS) is 12.1. The third kappa shape index (κ3) is 3.01. The van der Waals surface area contributed by atoms with Crippen LogP contribution in [0.5, 0.6) is 0 Å². The fourth-order valence-electron chi connectivity index (χ4n) is 1.49. The number of nitrogens with one attached hydrogen (secondary N) is 1. The van der Waals surface area contributed by atoms with Crippen molar-refractivity contribution in [3.63, 3.8) is 0 Å². The van der Waals surface area contributed by atoms with Crippen LogP contribution in [0.2, 0.25) is 0 Å². The number of hydrogen-bond acceptors (Lipinski definition) is 4. The summed E-state index contributed by atoms with van der Waals surface area (Å²) in [6.45, 7) is 2.09. The quantitative estimate of drug-likeness (QED) is 0.833. The molecular formula is C12H13N3S2. The predicted octanol–water partition coefficient (Wildman–Crippen LogP) is 2.95. The minimum Gasteiger partial charge on any atom is -0.389 e. The van der Waals surface area contributed by atoms with Gasteiger partial charge in [-0.2, -0.15) is 11.3 Å². The first-order valence-corrected chi connectivity index (χ1v) is 6.56. The molecule has 3 nitrogen and oxygen atoms in total. The highest BCUT2D eigenvalue weighted by atomic mass is 32.1. The van der Waals surface area contributed by atoms with Crippen molar-refractivity contribution in [1.82, 2.24) is 4.98 Å². The second kappa shape index (κ2) is 5.25. The van der Waals surface area contributed by atoms with Crippen LogP contribution >= 0.6 is 23.6 Å². The van der Waals surface area contributed by atoms with Gasteiger partial charge in [0.1, 0.15) is 10.8 Å². The molecule has 2 rings (SSSR count). The molecule has 0 aliphatic rings. The van der Waals surface area contributed by atoms with E-state index in [1.807, 2.05) is 12.1 Å². The van der Waals surface area contributed by atoms with Gasteiger partial charge in [0.2, 0.25) is 0 Å². The Morgan fingerprint density at radius 1 is 1.53 bits per heavy atom. The van der Waals surface area contributed by atoms with Crippen molar-refractivity contribution in [2.45, 2.75) is 13.0 Å². The Morgan fingerprint density at radius 3 is 3.00 bits per heavy atom. The Labute approximate surface area is 110 Å². The van der Waals surface area contributed by atoms with Gasteiger partial charge in [0.15, 0.2) is 0 Å². The van der Waals surface area contributed by atoms with Gasteiger partial charge in [-0.15, -0.1) is 0 Å². The number of rotatable bonds is 4. The summed E-state index contributed by atoms with van der Waals surface area (Å²) in [5.74, 6) is 0.786. The molecule has 0 aliphatic carbocycles. The summed E-state index contributed by atoms with van der Waals surface area (Å²) >= 11 is 6.62. The molecule has 1 unspecified atom stereocenters. The fourth-order valence-corrected chi connectivity index (χ4v) is 2.37. The second-order valence-electron chi connectivity index (χ2n) is 3.72. The van der Waals surface area contributed by atoms with Gasteiger partial charge in [-0.25, -0.2) is 4.98 Å². The Morgan fingerprint density at radius 2 is 2.35 bits per heavy atom. The standard InChI is InChI=1S/C12H13N3S2/c1-8(10-3-5-17-7-10)15-11-6-9(12(13)16)2-4-14-11/h2-8H,1H3,(H2,13,16)(H,14,15). The van der Waals surface area contributed by atoms with E-state index in [1.165, 1.54) is 5.56 Å². The number of pyridine rings is 1. The van der Waals surface area contributed by atoms with E-state index in [9.17, 15) is 0 Å². The maximum atomic E-state index is 5.59. The Kier molecular flexibility index (Phi) is 3.71. The first-order valence-electron chi connectivity index (χ1n) is 5.21. The molecule has 0 aromatic carbocycles. The molecule has 5 heteroatoms. The molecule has 0 fully saturated rings. The fraction of sp³-hybridized carbons (Fsp3) is 0.167. The Balaban J connectivity index is 2.13. The molecule has 0 bridgehead atoms. The average molecular weight is 263 g/mol. The third-order valence-corrected chi connectivity index (χ3v) is 3.39. The maximum absolute atomic E-state index is 5.59. The van der Waals surface area contributed by atoms with E-state index >= 15 is 0 Å². The molecular weight excluding hydrogens is 250 g/mol. The lowest BCUT2D eigenvalue weighted by Gasteiger charge is -2.13. The van der Waals surface area contributed by atoms with Gasteiger partial charge >= 0.3 is 0 Å². The minimum absolute atomic E-state index is 0.218. The number of nitrogens with zero attached hydrogens (tertiary/aromatic N) is 1. The van der Waals surface area contributed by atoms with Crippen molar-refractivity contribution in [2.75, 3.05) is 5.32 Å². The van der Waals surface area contributed by atoms with Crippen LogP contribution in [-0.2, 0) is 0 Å². The lowest BCUT2D eigenvalue weighted by atomic mass is 10.2. The van der Waals surface area contributed by atoms with Gasteiger partial charge in [-0.05, 0) is 41.4 Å². The number of thiophene rings is 1. The first-order chi connectivity index (χ1) is 8.16. The molecule has 2 aromatic rings. The van der Waals surface area contributed by atoms with Crippen molar-refractivity contribution in [2.24, 2.45) is 5.73 Å². The number of thiocarbonyl (C=S) groups is 1. The largest absolute Gasteiger partial charge is 0.389 e. The van der Waals surface area contributed by atoms with E-state index in [-0.39, 0.29) is 6.04 Å². The molecule has 0 aliphatic heterocycles. The van der Waals surface area contributed by atoms with Gasteiger partial charge in [0.25, 0.3) is 0 Å². The summed E-state index contributed by atoms with van der Waals surface area (Å²) in [7, 11) is 0. The van der Waals surface area contributed by atoms with Gasteiger partial charge in [-0.1, -0.05) is 12.2 Å². The third-order valence-electron chi connectivity index (χ3n) is 2.45.